The van der Waals surface area contributed by atoms with Gasteiger partial charge in [-0.05, 0) is 17.4 Å². The molecule has 0 saturated heterocycles. The molecule has 1 aliphatic rings. The van der Waals surface area contributed by atoms with E-state index < -0.39 is 0 Å². The van der Waals surface area contributed by atoms with E-state index in [9.17, 15) is 9.59 Å². The SMILES string of the molecule is CC1(CC(=O)N(C=O)Cc2ccccc2)CC1S. The smallest absolute Gasteiger partial charge is 0.229 e. The molecule has 2 rings (SSSR count). The lowest BCUT2D eigenvalue weighted by Gasteiger charge is -2.18. The molecule has 0 spiro atoms. The number of carbonyl (C=O) groups is 2. The van der Waals surface area contributed by atoms with E-state index in [2.05, 4.69) is 12.6 Å². The van der Waals surface area contributed by atoms with Crippen LogP contribution in [0.4, 0.5) is 0 Å². The maximum absolute atomic E-state index is 12.0. The summed E-state index contributed by atoms with van der Waals surface area (Å²) in [6.07, 6.45) is 1.96. The van der Waals surface area contributed by atoms with Crippen LogP contribution in [0, 0.1) is 5.41 Å². The fourth-order valence-electron chi connectivity index (χ4n) is 1.98. The number of amides is 2. The van der Waals surface area contributed by atoms with Gasteiger partial charge in [0.05, 0.1) is 6.54 Å². The van der Waals surface area contributed by atoms with Crippen molar-refractivity contribution in [1.29, 1.82) is 0 Å². The van der Waals surface area contributed by atoms with Crippen molar-refractivity contribution in [2.75, 3.05) is 0 Å². The molecule has 4 heteroatoms. The summed E-state index contributed by atoms with van der Waals surface area (Å²) in [7, 11) is 0. The zero-order valence-corrected chi connectivity index (χ0v) is 11.3. The zero-order valence-electron chi connectivity index (χ0n) is 10.4. The Kier molecular flexibility index (Phi) is 3.76. The van der Waals surface area contributed by atoms with E-state index >= 15 is 0 Å². The molecule has 1 saturated carbocycles. The van der Waals surface area contributed by atoms with Gasteiger partial charge in [-0.1, -0.05) is 37.3 Å². The van der Waals surface area contributed by atoms with Crippen molar-refractivity contribution in [3.63, 3.8) is 0 Å². The van der Waals surface area contributed by atoms with Gasteiger partial charge in [0.2, 0.25) is 12.3 Å². The highest BCUT2D eigenvalue weighted by Crippen LogP contribution is 2.52. The van der Waals surface area contributed by atoms with Crippen LogP contribution in [0.15, 0.2) is 30.3 Å². The van der Waals surface area contributed by atoms with E-state index in [-0.39, 0.29) is 16.6 Å². The quantitative estimate of drug-likeness (QED) is 0.653. The third-order valence-corrected chi connectivity index (χ3v) is 4.31. The van der Waals surface area contributed by atoms with Crippen molar-refractivity contribution in [2.24, 2.45) is 5.41 Å². The molecule has 0 bridgehead atoms. The van der Waals surface area contributed by atoms with Gasteiger partial charge in [0.15, 0.2) is 0 Å². The Morgan fingerprint density at radius 2 is 2.11 bits per heavy atom. The van der Waals surface area contributed by atoms with Gasteiger partial charge in [0.25, 0.3) is 0 Å². The molecule has 96 valence electrons. The summed E-state index contributed by atoms with van der Waals surface area (Å²) in [6.45, 7) is 2.38. The number of thiol groups is 1. The molecule has 0 aromatic heterocycles. The Bertz CT molecular complexity index is 448. The molecule has 18 heavy (non-hydrogen) atoms. The first-order valence-corrected chi connectivity index (χ1v) is 6.53. The van der Waals surface area contributed by atoms with Crippen molar-refractivity contribution < 1.29 is 9.59 Å². The van der Waals surface area contributed by atoms with Crippen molar-refractivity contribution in [2.45, 2.75) is 31.6 Å². The second-order valence-electron chi connectivity index (χ2n) is 5.16. The predicted octanol–water partition coefficient (Wildman–Crippen LogP) is 2.27. The first-order chi connectivity index (χ1) is 8.55. The molecule has 1 fully saturated rings. The number of imide groups is 1. The molecule has 0 radical (unpaired) electrons. The van der Waals surface area contributed by atoms with Gasteiger partial charge >= 0.3 is 0 Å². The van der Waals surface area contributed by atoms with Crippen molar-refractivity contribution in [1.82, 2.24) is 4.90 Å². The number of carbonyl (C=O) groups excluding carboxylic acids is 2. The standard InChI is InChI=1S/C14H17NO2S/c1-14(7-12(14)18)8-13(17)15(10-16)9-11-5-3-2-4-6-11/h2-6,10,12,18H,7-9H2,1H3. The van der Waals surface area contributed by atoms with E-state index in [0.717, 1.165) is 12.0 Å². The highest BCUT2D eigenvalue weighted by atomic mass is 32.1. The van der Waals surface area contributed by atoms with E-state index in [0.29, 0.717) is 19.4 Å². The van der Waals surface area contributed by atoms with Crippen LogP contribution in [0.1, 0.15) is 25.3 Å². The Hall–Kier alpha value is -1.29. The van der Waals surface area contributed by atoms with E-state index in [1.54, 1.807) is 0 Å². The minimum atomic E-state index is -0.118. The van der Waals surface area contributed by atoms with Crippen LogP contribution >= 0.6 is 12.6 Å². The Balaban J connectivity index is 1.96. The second kappa shape index (κ2) is 5.14. The van der Waals surface area contributed by atoms with Gasteiger partial charge in [-0.2, -0.15) is 12.6 Å². The van der Waals surface area contributed by atoms with Crippen molar-refractivity contribution >= 4 is 24.9 Å². The van der Waals surface area contributed by atoms with Crippen LogP contribution in [0.3, 0.4) is 0 Å². The Morgan fingerprint density at radius 1 is 1.50 bits per heavy atom. The van der Waals surface area contributed by atoms with Gasteiger partial charge in [-0.3, -0.25) is 14.5 Å². The van der Waals surface area contributed by atoms with E-state index in [1.165, 1.54) is 4.90 Å². The molecule has 3 nitrogen and oxygen atoms in total. The van der Waals surface area contributed by atoms with Crippen LogP contribution in [-0.4, -0.2) is 22.5 Å². The number of hydrogen-bond donors (Lipinski definition) is 1. The van der Waals surface area contributed by atoms with Crippen LogP contribution < -0.4 is 0 Å². The molecule has 1 aliphatic carbocycles. The third kappa shape index (κ3) is 2.93. The van der Waals surface area contributed by atoms with Gasteiger partial charge in [-0.15, -0.1) is 0 Å². The van der Waals surface area contributed by atoms with Gasteiger partial charge < -0.3 is 0 Å². The normalized spacial score (nSPS) is 25.6. The third-order valence-electron chi connectivity index (χ3n) is 3.50. The zero-order chi connectivity index (χ0) is 13.2. The van der Waals surface area contributed by atoms with Crippen molar-refractivity contribution in [3.05, 3.63) is 35.9 Å². The summed E-state index contributed by atoms with van der Waals surface area (Å²) in [6, 6.07) is 9.52. The summed E-state index contributed by atoms with van der Waals surface area (Å²) in [5, 5.41) is 0.284. The molecule has 2 unspecified atom stereocenters. The van der Waals surface area contributed by atoms with Crippen LogP contribution in [0.2, 0.25) is 0 Å². The molecule has 1 aromatic rings. The lowest BCUT2D eigenvalue weighted by Crippen LogP contribution is -2.31. The van der Waals surface area contributed by atoms with Gasteiger partial charge in [0.1, 0.15) is 0 Å². The fourth-order valence-corrected chi connectivity index (χ4v) is 2.49. The molecule has 2 amide bonds. The lowest BCUT2D eigenvalue weighted by molar-refractivity contribution is -0.139. The lowest BCUT2D eigenvalue weighted by atomic mass is 10.0. The van der Waals surface area contributed by atoms with Crippen LogP contribution in [-0.2, 0) is 16.1 Å². The number of hydrogen-bond acceptors (Lipinski definition) is 3. The van der Waals surface area contributed by atoms with E-state index in [1.807, 2.05) is 37.3 Å². The maximum Gasteiger partial charge on any atom is 0.229 e. The fraction of sp³-hybridized carbons (Fsp3) is 0.429. The van der Waals surface area contributed by atoms with Gasteiger partial charge in [0, 0.05) is 11.7 Å². The highest BCUT2D eigenvalue weighted by molar-refractivity contribution is 7.81. The summed E-state index contributed by atoms with van der Waals surface area (Å²) in [5.74, 6) is -0.118. The van der Waals surface area contributed by atoms with E-state index in [4.69, 9.17) is 0 Å². The minimum Gasteiger partial charge on any atom is -0.281 e. The number of benzene rings is 1. The number of nitrogens with zero attached hydrogens (tertiary/aromatic N) is 1. The van der Waals surface area contributed by atoms with Crippen LogP contribution in [0.25, 0.3) is 0 Å². The molecule has 0 heterocycles. The Labute approximate surface area is 113 Å². The summed E-state index contributed by atoms with van der Waals surface area (Å²) in [4.78, 5) is 24.3. The first-order valence-electron chi connectivity index (χ1n) is 6.02. The monoisotopic (exact) mass is 263 g/mol. The van der Waals surface area contributed by atoms with Crippen LogP contribution in [0.5, 0.6) is 0 Å². The largest absolute Gasteiger partial charge is 0.281 e. The van der Waals surface area contributed by atoms with Crippen molar-refractivity contribution in [3.8, 4) is 0 Å². The molecule has 1 aromatic carbocycles. The predicted molar refractivity (Wildman–Crippen MR) is 73.2 cm³/mol. The highest BCUT2D eigenvalue weighted by Gasteiger charge is 2.49. The summed E-state index contributed by atoms with van der Waals surface area (Å²) in [5.41, 5.74) is 0.930. The molecule has 0 N–H and O–H groups in total. The Morgan fingerprint density at radius 3 is 2.61 bits per heavy atom. The average Bonchev–Trinajstić information content (AvgIpc) is 2.94. The maximum atomic E-state index is 12.0. The topological polar surface area (TPSA) is 37.4 Å². The molecular weight excluding hydrogens is 246 g/mol. The average molecular weight is 263 g/mol. The van der Waals surface area contributed by atoms with Gasteiger partial charge in [-0.25, -0.2) is 0 Å². The minimum absolute atomic E-state index is 0.0296. The summed E-state index contributed by atoms with van der Waals surface area (Å²) < 4.78 is 0. The molecule has 2 atom stereocenters. The second-order valence-corrected chi connectivity index (χ2v) is 5.79. The first kappa shape index (κ1) is 13.1. The molecule has 0 aliphatic heterocycles. The number of rotatable bonds is 5. The molecular formula is C14H17NO2S. The summed E-state index contributed by atoms with van der Waals surface area (Å²) >= 11 is 4.37.